The van der Waals surface area contributed by atoms with Crippen molar-refractivity contribution in [2.24, 2.45) is 7.05 Å². The number of hydrogen-bond donors (Lipinski definition) is 0. The van der Waals surface area contributed by atoms with E-state index in [0.29, 0.717) is 12.0 Å². The highest BCUT2D eigenvalue weighted by Crippen LogP contribution is 2.15. The summed E-state index contributed by atoms with van der Waals surface area (Å²) >= 11 is 0. The van der Waals surface area contributed by atoms with Crippen LogP contribution in [-0.4, -0.2) is 23.2 Å². The minimum Gasteiger partial charge on any atom is -0.497 e. The molecule has 2 rings (SSSR count). The molecule has 1 heterocycles. The van der Waals surface area contributed by atoms with Crippen molar-refractivity contribution in [3.63, 3.8) is 0 Å². The van der Waals surface area contributed by atoms with E-state index in [0.717, 1.165) is 23.3 Å². The standard InChI is InChI=1S/C13H14N2O2/c1-15-8-11(9-16)13(14-15)7-10-3-5-12(17-2)6-4-10/h3-6,8-9H,7H2,1-2H3. The van der Waals surface area contributed by atoms with Crippen molar-refractivity contribution < 1.29 is 9.53 Å². The lowest BCUT2D eigenvalue weighted by molar-refractivity contribution is 0.112. The molecule has 0 aliphatic carbocycles. The van der Waals surface area contributed by atoms with Crippen LogP contribution >= 0.6 is 0 Å². The maximum Gasteiger partial charge on any atom is 0.153 e. The molecular formula is C13H14N2O2. The van der Waals surface area contributed by atoms with Crippen molar-refractivity contribution in [3.8, 4) is 5.75 Å². The van der Waals surface area contributed by atoms with Gasteiger partial charge in [-0.25, -0.2) is 0 Å². The van der Waals surface area contributed by atoms with Gasteiger partial charge in [0.1, 0.15) is 5.75 Å². The fourth-order valence-electron chi connectivity index (χ4n) is 1.73. The molecule has 0 aliphatic rings. The first kappa shape index (κ1) is 11.4. The Morgan fingerprint density at radius 2 is 2.06 bits per heavy atom. The zero-order valence-electron chi connectivity index (χ0n) is 9.88. The third kappa shape index (κ3) is 2.53. The van der Waals surface area contributed by atoms with Crippen LogP contribution in [0.5, 0.6) is 5.75 Å². The molecule has 1 aromatic heterocycles. The Morgan fingerprint density at radius 1 is 1.35 bits per heavy atom. The second kappa shape index (κ2) is 4.82. The number of aromatic nitrogens is 2. The van der Waals surface area contributed by atoms with E-state index in [4.69, 9.17) is 4.74 Å². The molecule has 17 heavy (non-hydrogen) atoms. The molecule has 0 spiro atoms. The van der Waals surface area contributed by atoms with Crippen molar-refractivity contribution in [1.82, 2.24) is 9.78 Å². The van der Waals surface area contributed by atoms with Crippen molar-refractivity contribution in [2.45, 2.75) is 6.42 Å². The van der Waals surface area contributed by atoms with Gasteiger partial charge in [-0.15, -0.1) is 0 Å². The van der Waals surface area contributed by atoms with Gasteiger partial charge in [-0.05, 0) is 17.7 Å². The van der Waals surface area contributed by atoms with Crippen molar-refractivity contribution in [1.29, 1.82) is 0 Å². The molecule has 4 nitrogen and oxygen atoms in total. The average molecular weight is 230 g/mol. The van der Waals surface area contributed by atoms with Crippen LogP contribution in [0.25, 0.3) is 0 Å². The van der Waals surface area contributed by atoms with E-state index in [1.807, 2.05) is 31.3 Å². The van der Waals surface area contributed by atoms with E-state index in [9.17, 15) is 4.79 Å². The molecule has 0 fully saturated rings. The summed E-state index contributed by atoms with van der Waals surface area (Å²) in [4.78, 5) is 10.9. The van der Waals surface area contributed by atoms with Gasteiger partial charge in [-0.3, -0.25) is 9.48 Å². The number of carbonyl (C=O) groups is 1. The van der Waals surface area contributed by atoms with Gasteiger partial charge in [0.2, 0.25) is 0 Å². The number of methoxy groups -OCH3 is 1. The number of ether oxygens (including phenoxy) is 1. The van der Waals surface area contributed by atoms with Gasteiger partial charge < -0.3 is 4.74 Å². The second-order valence-corrected chi connectivity index (χ2v) is 3.85. The summed E-state index contributed by atoms with van der Waals surface area (Å²) in [5.74, 6) is 0.824. The Bertz CT molecular complexity index is 515. The summed E-state index contributed by atoms with van der Waals surface area (Å²) in [6.07, 6.45) is 3.22. The molecule has 2 aromatic rings. The Hall–Kier alpha value is -2.10. The summed E-state index contributed by atoms with van der Waals surface area (Å²) in [6.45, 7) is 0. The number of benzene rings is 1. The third-order valence-corrected chi connectivity index (χ3v) is 2.60. The Balaban J connectivity index is 2.21. The van der Waals surface area contributed by atoms with Crippen LogP contribution in [0.1, 0.15) is 21.6 Å². The summed E-state index contributed by atoms with van der Waals surface area (Å²) in [5, 5.41) is 4.27. The highest BCUT2D eigenvalue weighted by Gasteiger charge is 2.07. The van der Waals surface area contributed by atoms with Crippen LogP contribution in [-0.2, 0) is 13.5 Å². The van der Waals surface area contributed by atoms with Gasteiger partial charge in [-0.2, -0.15) is 5.10 Å². The molecule has 0 aliphatic heterocycles. The highest BCUT2D eigenvalue weighted by molar-refractivity contribution is 5.76. The summed E-state index contributed by atoms with van der Waals surface area (Å²) in [6, 6.07) is 7.75. The minimum atomic E-state index is 0.642. The van der Waals surface area contributed by atoms with Crippen LogP contribution in [0.15, 0.2) is 30.5 Å². The molecule has 0 bridgehead atoms. The first-order valence-electron chi connectivity index (χ1n) is 5.33. The van der Waals surface area contributed by atoms with Crippen LogP contribution in [0.2, 0.25) is 0 Å². The van der Waals surface area contributed by atoms with Crippen LogP contribution < -0.4 is 4.74 Å². The molecule has 88 valence electrons. The lowest BCUT2D eigenvalue weighted by Gasteiger charge is -2.02. The van der Waals surface area contributed by atoms with E-state index in [1.54, 1.807) is 18.0 Å². The van der Waals surface area contributed by atoms with Crippen molar-refractivity contribution >= 4 is 6.29 Å². The molecule has 4 heteroatoms. The molecule has 0 unspecified atom stereocenters. The van der Waals surface area contributed by atoms with Gasteiger partial charge in [0.05, 0.1) is 18.4 Å². The predicted octanol–water partition coefficient (Wildman–Crippen LogP) is 1.83. The van der Waals surface area contributed by atoms with Gasteiger partial charge in [-0.1, -0.05) is 12.1 Å². The summed E-state index contributed by atoms with van der Waals surface area (Å²) in [5.41, 5.74) is 2.54. The van der Waals surface area contributed by atoms with Crippen LogP contribution in [0, 0.1) is 0 Å². The topological polar surface area (TPSA) is 44.1 Å². The fourth-order valence-corrected chi connectivity index (χ4v) is 1.73. The number of aryl methyl sites for hydroxylation is 1. The molecule has 1 aromatic carbocycles. The number of carbonyl (C=O) groups excluding carboxylic acids is 1. The van der Waals surface area contributed by atoms with Crippen LogP contribution in [0.4, 0.5) is 0 Å². The van der Waals surface area contributed by atoms with E-state index in [2.05, 4.69) is 5.10 Å². The average Bonchev–Trinajstić information content (AvgIpc) is 2.70. The Kier molecular flexibility index (Phi) is 3.23. The molecule has 0 amide bonds. The maximum absolute atomic E-state index is 10.9. The predicted molar refractivity (Wildman–Crippen MR) is 64.4 cm³/mol. The number of rotatable bonds is 4. The third-order valence-electron chi connectivity index (χ3n) is 2.60. The highest BCUT2D eigenvalue weighted by atomic mass is 16.5. The Morgan fingerprint density at radius 3 is 2.65 bits per heavy atom. The first-order chi connectivity index (χ1) is 8.22. The lowest BCUT2D eigenvalue weighted by atomic mass is 10.1. The maximum atomic E-state index is 10.9. The van der Waals surface area contributed by atoms with E-state index >= 15 is 0 Å². The first-order valence-corrected chi connectivity index (χ1v) is 5.33. The van der Waals surface area contributed by atoms with Gasteiger partial charge in [0.25, 0.3) is 0 Å². The van der Waals surface area contributed by atoms with Crippen molar-refractivity contribution in [2.75, 3.05) is 7.11 Å². The smallest absolute Gasteiger partial charge is 0.153 e. The largest absolute Gasteiger partial charge is 0.497 e. The fraction of sp³-hybridized carbons (Fsp3) is 0.231. The summed E-state index contributed by atoms with van der Waals surface area (Å²) in [7, 11) is 3.45. The van der Waals surface area contributed by atoms with Gasteiger partial charge in [0, 0.05) is 19.7 Å². The Labute approximate surface area is 99.8 Å². The van der Waals surface area contributed by atoms with E-state index in [1.165, 1.54) is 0 Å². The number of nitrogens with zero attached hydrogens (tertiary/aromatic N) is 2. The molecular weight excluding hydrogens is 216 g/mol. The van der Waals surface area contributed by atoms with Crippen LogP contribution in [0.3, 0.4) is 0 Å². The molecule has 0 saturated carbocycles. The van der Waals surface area contributed by atoms with Gasteiger partial charge in [0.15, 0.2) is 6.29 Å². The van der Waals surface area contributed by atoms with E-state index < -0.39 is 0 Å². The van der Waals surface area contributed by atoms with Crippen molar-refractivity contribution in [3.05, 3.63) is 47.3 Å². The second-order valence-electron chi connectivity index (χ2n) is 3.85. The molecule has 0 atom stereocenters. The minimum absolute atomic E-state index is 0.642. The molecule has 0 N–H and O–H groups in total. The zero-order valence-corrected chi connectivity index (χ0v) is 9.88. The lowest BCUT2D eigenvalue weighted by Crippen LogP contribution is -1.95. The van der Waals surface area contributed by atoms with Gasteiger partial charge >= 0.3 is 0 Å². The SMILES string of the molecule is COc1ccc(Cc2nn(C)cc2C=O)cc1. The molecule has 0 radical (unpaired) electrons. The zero-order chi connectivity index (χ0) is 12.3. The number of hydrogen-bond acceptors (Lipinski definition) is 3. The quantitative estimate of drug-likeness (QED) is 0.753. The number of aldehydes is 1. The van der Waals surface area contributed by atoms with E-state index in [-0.39, 0.29) is 0 Å². The monoisotopic (exact) mass is 230 g/mol. The normalized spacial score (nSPS) is 10.2. The molecule has 0 saturated heterocycles. The summed E-state index contributed by atoms with van der Waals surface area (Å²) < 4.78 is 6.75.